The molecule has 0 amide bonds. The fraction of sp³-hybridized carbons (Fsp3) is 0.500. The highest BCUT2D eigenvalue weighted by Gasteiger charge is 2.26. The molecular formula is C18H24BrClN2O4. The Bertz CT molecular complexity index is 800. The fourth-order valence-corrected chi connectivity index (χ4v) is 3.69. The Labute approximate surface area is 167 Å². The van der Waals surface area contributed by atoms with E-state index < -0.39 is 5.97 Å². The van der Waals surface area contributed by atoms with Crippen LogP contribution in [0.4, 0.5) is 0 Å². The molecule has 3 rings (SSSR count). The van der Waals surface area contributed by atoms with Gasteiger partial charge in [0.1, 0.15) is 22.7 Å². The predicted octanol–water partition coefficient (Wildman–Crippen LogP) is 3.56. The van der Waals surface area contributed by atoms with Gasteiger partial charge >= 0.3 is 5.97 Å². The highest BCUT2D eigenvalue weighted by atomic mass is 79.9. The molecule has 1 aromatic carbocycles. The summed E-state index contributed by atoms with van der Waals surface area (Å²) in [7, 11) is 2.10. The smallest absolute Gasteiger partial charge is 0.342 e. The van der Waals surface area contributed by atoms with Crippen LogP contribution in [-0.2, 0) is 11.3 Å². The summed E-state index contributed by atoms with van der Waals surface area (Å²) in [5.41, 5.74) is 1.69. The van der Waals surface area contributed by atoms with Gasteiger partial charge < -0.3 is 19.2 Å². The van der Waals surface area contributed by atoms with Gasteiger partial charge in [0, 0.05) is 43.7 Å². The van der Waals surface area contributed by atoms with Crippen LogP contribution in [-0.4, -0.2) is 60.7 Å². The van der Waals surface area contributed by atoms with Crippen LogP contribution in [0.3, 0.4) is 0 Å². The normalized spacial score (nSPS) is 15.8. The van der Waals surface area contributed by atoms with E-state index in [0.29, 0.717) is 45.5 Å². The van der Waals surface area contributed by atoms with Gasteiger partial charge in [-0.25, -0.2) is 4.79 Å². The zero-order valence-electron chi connectivity index (χ0n) is 15.2. The number of esters is 1. The SMILES string of the molecule is CCOC(=O)c1c(C)oc2cc(Br)c(O)c(CN3CCN(C)CC3)c12.Cl. The molecule has 144 valence electrons. The average molecular weight is 448 g/mol. The van der Waals surface area contributed by atoms with Crippen LogP contribution in [0.1, 0.15) is 28.6 Å². The van der Waals surface area contributed by atoms with Gasteiger partial charge in [0.05, 0.1) is 11.1 Å². The maximum Gasteiger partial charge on any atom is 0.342 e. The lowest BCUT2D eigenvalue weighted by atomic mass is 10.0. The summed E-state index contributed by atoms with van der Waals surface area (Å²) in [5, 5.41) is 11.3. The summed E-state index contributed by atoms with van der Waals surface area (Å²) in [6.07, 6.45) is 0. The highest BCUT2D eigenvalue weighted by Crippen LogP contribution is 2.40. The Kier molecular flexibility index (Phi) is 6.96. The van der Waals surface area contributed by atoms with Crippen molar-refractivity contribution in [3.8, 4) is 5.75 Å². The number of nitrogens with zero attached hydrogens (tertiary/aromatic N) is 2. The van der Waals surface area contributed by atoms with Crippen molar-refractivity contribution < 1.29 is 19.1 Å². The van der Waals surface area contributed by atoms with Crippen molar-refractivity contribution in [2.24, 2.45) is 0 Å². The van der Waals surface area contributed by atoms with E-state index in [1.807, 2.05) is 0 Å². The summed E-state index contributed by atoms with van der Waals surface area (Å²) in [6.45, 7) is 8.15. The molecule has 1 saturated heterocycles. The van der Waals surface area contributed by atoms with Crippen LogP contribution in [0, 0.1) is 6.92 Å². The molecule has 1 N–H and O–H groups in total. The predicted molar refractivity (Wildman–Crippen MR) is 106 cm³/mol. The minimum absolute atomic E-state index is 0. The van der Waals surface area contributed by atoms with Gasteiger partial charge in [-0.15, -0.1) is 12.4 Å². The number of phenolic OH excluding ortho intramolecular Hbond substituents is 1. The van der Waals surface area contributed by atoms with Crippen LogP contribution < -0.4 is 0 Å². The third-order valence-electron chi connectivity index (χ3n) is 4.64. The summed E-state index contributed by atoms with van der Waals surface area (Å²) >= 11 is 3.39. The second-order valence-electron chi connectivity index (χ2n) is 6.39. The number of phenols is 1. The van der Waals surface area contributed by atoms with E-state index >= 15 is 0 Å². The van der Waals surface area contributed by atoms with Crippen LogP contribution in [0.15, 0.2) is 15.0 Å². The molecular weight excluding hydrogens is 424 g/mol. The molecule has 0 radical (unpaired) electrons. The first-order chi connectivity index (χ1) is 11.9. The van der Waals surface area contributed by atoms with Crippen molar-refractivity contribution in [3.05, 3.63) is 27.4 Å². The molecule has 1 aliphatic rings. The number of fused-ring (bicyclic) bond motifs is 1. The molecule has 6 nitrogen and oxygen atoms in total. The van der Waals surface area contributed by atoms with E-state index in [0.717, 1.165) is 26.2 Å². The molecule has 1 fully saturated rings. The Morgan fingerprint density at radius 1 is 1.35 bits per heavy atom. The minimum atomic E-state index is -0.417. The van der Waals surface area contributed by atoms with E-state index in [1.54, 1.807) is 19.9 Å². The van der Waals surface area contributed by atoms with Crippen molar-refractivity contribution in [3.63, 3.8) is 0 Å². The largest absolute Gasteiger partial charge is 0.506 e. The Hall–Kier alpha value is -1.28. The lowest BCUT2D eigenvalue weighted by Gasteiger charge is -2.32. The van der Waals surface area contributed by atoms with Gasteiger partial charge in [0.2, 0.25) is 0 Å². The van der Waals surface area contributed by atoms with E-state index in [-0.39, 0.29) is 18.2 Å². The van der Waals surface area contributed by atoms with Gasteiger partial charge in [-0.1, -0.05) is 0 Å². The molecule has 8 heteroatoms. The Morgan fingerprint density at radius 2 is 2.00 bits per heavy atom. The molecule has 1 aromatic heterocycles. The van der Waals surface area contributed by atoms with Gasteiger partial charge in [0.15, 0.2) is 0 Å². The van der Waals surface area contributed by atoms with Crippen molar-refractivity contribution in [1.82, 2.24) is 9.80 Å². The monoisotopic (exact) mass is 446 g/mol. The van der Waals surface area contributed by atoms with Crippen LogP contribution in [0.25, 0.3) is 11.0 Å². The Balaban J connectivity index is 0.00000243. The van der Waals surface area contributed by atoms with Gasteiger partial charge in [-0.3, -0.25) is 4.90 Å². The second kappa shape index (κ2) is 8.61. The number of likely N-dealkylation sites (N-methyl/N-ethyl adjacent to an activating group) is 1. The fourth-order valence-electron chi connectivity index (χ4n) is 3.25. The number of aromatic hydroxyl groups is 1. The zero-order valence-corrected chi connectivity index (χ0v) is 17.6. The van der Waals surface area contributed by atoms with Crippen molar-refractivity contribution in [1.29, 1.82) is 0 Å². The molecule has 2 heterocycles. The molecule has 0 spiro atoms. The van der Waals surface area contributed by atoms with Gasteiger partial charge in [-0.05, 0) is 42.9 Å². The number of piperazine rings is 1. The molecule has 0 atom stereocenters. The maximum absolute atomic E-state index is 12.4. The third kappa shape index (κ3) is 4.01. The lowest BCUT2D eigenvalue weighted by molar-refractivity contribution is 0.0526. The Morgan fingerprint density at radius 3 is 2.62 bits per heavy atom. The van der Waals surface area contributed by atoms with Crippen LogP contribution in [0.5, 0.6) is 5.75 Å². The van der Waals surface area contributed by atoms with Crippen molar-refractivity contribution >= 4 is 45.3 Å². The molecule has 0 unspecified atom stereocenters. The number of furan rings is 1. The minimum Gasteiger partial charge on any atom is -0.506 e. The average Bonchev–Trinajstić information content (AvgIpc) is 2.89. The van der Waals surface area contributed by atoms with Gasteiger partial charge in [-0.2, -0.15) is 0 Å². The number of hydrogen-bond acceptors (Lipinski definition) is 6. The van der Waals surface area contributed by atoms with Crippen LogP contribution >= 0.6 is 28.3 Å². The summed E-state index contributed by atoms with van der Waals surface area (Å²) in [6, 6.07) is 1.70. The van der Waals surface area contributed by atoms with E-state index in [2.05, 4.69) is 32.8 Å². The first-order valence-electron chi connectivity index (χ1n) is 8.43. The molecule has 26 heavy (non-hydrogen) atoms. The maximum atomic E-state index is 12.4. The first kappa shape index (κ1) is 21.0. The number of rotatable bonds is 4. The number of aryl methyl sites for hydroxylation is 1. The van der Waals surface area contributed by atoms with Crippen molar-refractivity contribution in [2.75, 3.05) is 39.8 Å². The summed E-state index contributed by atoms with van der Waals surface area (Å²) < 4.78 is 11.5. The van der Waals surface area contributed by atoms with E-state index in [9.17, 15) is 9.90 Å². The number of hydrogen-bond donors (Lipinski definition) is 1. The number of benzene rings is 1. The zero-order chi connectivity index (χ0) is 18.1. The number of carbonyl (C=O) groups excluding carboxylic acids is 1. The molecule has 1 aliphatic heterocycles. The number of carbonyl (C=O) groups is 1. The molecule has 0 saturated carbocycles. The van der Waals surface area contributed by atoms with Crippen LogP contribution in [0.2, 0.25) is 0 Å². The topological polar surface area (TPSA) is 66.2 Å². The first-order valence-corrected chi connectivity index (χ1v) is 9.23. The standard InChI is InChI=1S/C18H23BrN2O4.ClH/c1-4-24-18(23)15-11(2)25-14-9-13(19)17(22)12(16(14)15)10-21-7-5-20(3)6-8-21;/h9,22H,4-8,10H2,1-3H3;1H. The quantitative estimate of drug-likeness (QED) is 0.723. The third-order valence-corrected chi connectivity index (χ3v) is 5.24. The van der Waals surface area contributed by atoms with E-state index in [4.69, 9.17) is 9.15 Å². The summed E-state index contributed by atoms with van der Waals surface area (Å²) in [4.78, 5) is 17.0. The summed E-state index contributed by atoms with van der Waals surface area (Å²) in [5.74, 6) is 0.239. The molecule has 0 bridgehead atoms. The number of halogens is 2. The molecule has 0 aliphatic carbocycles. The number of ether oxygens (including phenoxy) is 1. The van der Waals surface area contributed by atoms with Crippen molar-refractivity contribution in [2.45, 2.75) is 20.4 Å². The highest BCUT2D eigenvalue weighted by molar-refractivity contribution is 9.10. The second-order valence-corrected chi connectivity index (χ2v) is 7.25. The molecule has 2 aromatic rings. The van der Waals surface area contributed by atoms with Gasteiger partial charge in [0.25, 0.3) is 0 Å². The lowest BCUT2D eigenvalue weighted by Crippen LogP contribution is -2.43. The van der Waals surface area contributed by atoms with E-state index in [1.165, 1.54) is 0 Å².